The molecule has 0 aromatic carbocycles. The number of hydrogen-bond acceptors (Lipinski definition) is 3. The first-order chi connectivity index (χ1) is 7.34. The Morgan fingerprint density at radius 2 is 2.00 bits per heavy atom. The van der Waals surface area contributed by atoms with Crippen molar-refractivity contribution in [3.8, 4) is 0 Å². The predicted octanol–water partition coefficient (Wildman–Crippen LogP) is 2.91. The van der Waals surface area contributed by atoms with Crippen LogP contribution in [0.4, 0.5) is 0 Å². The van der Waals surface area contributed by atoms with E-state index in [0.29, 0.717) is 0 Å². The summed E-state index contributed by atoms with van der Waals surface area (Å²) < 4.78 is 0. The minimum absolute atomic E-state index is 0. The Morgan fingerprint density at radius 3 is 2.80 bits per heavy atom. The fourth-order valence-corrected chi connectivity index (χ4v) is 1.78. The normalized spacial score (nSPS) is 10.7. The lowest BCUT2D eigenvalue weighted by molar-refractivity contribution is 1.11. The fourth-order valence-electron chi connectivity index (χ4n) is 1.16. The average molecular weight is 215 g/mol. The first-order valence-corrected chi connectivity index (χ1v) is 5.46. The molecule has 0 aliphatic heterocycles. The zero-order chi connectivity index (χ0) is 10.5. The molecule has 0 unspecified atom stereocenters. The van der Waals surface area contributed by atoms with Gasteiger partial charge in [0.05, 0.1) is 5.69 Å². The van der Waals surface area contributed by atoms with Crippen molar-refractivity contribution in [1.29, 1.82) is 5.41 Å². The van der Waals surface area contributed by atoms with Crippen LogP contribution in [0.25, 0.3) is 12.2 Å². The summed E-state index contributed by atoms with van der Waals surface area (Å²) in [5.74, 6) is 0. The van der Waals surface area contributed by atoms with Crippen LogP contribution in [-0.4, -0.2) is 4.98 Å². The van der Waals surface area contributed by atoms with Gasteiger partial charge in [-0.1, -0.05) is 18.2 Å². The quantitative estimate of drug-likeness (QED) is 0.821. The van der Waals surface area contributed by atoms with Crippen LogP contribution in [0.15, 0.2) is 41.8 Å². The van der Waals surface area contributed by atoms with Gasteiger partial charge in [0.15, 0.2) is 0 Å². The van der Waals surface area contributed by atoms with E-state index in [1.54, 1.807) is 17.4 Å². The summed E-state index contributed by atoms with van der Waals surface area (Å²) in [6, 6.07) is 11.3. The number of hydrogen-bond donors (Lipinski definition) is 1. The second kappa shape index (κ2) is 4.66. The molecule has 0 saturated carbocycles. The summed E-state index contributed by atoms with van der Waals surface area (Å²) in [4.78, 5) is 5.31. The van der Waals surface area contributed by atoms with Gasteiger partial charge in [0.2, 0.25) is 0 Å². The minimum Gasteiger partial charge on any atom is -0.283 e. The van der Waals surface area contributed by atoms with Gasteiger partial charge in [-0.2, -0.15) is 0 Å². The highest BCUT2D eigenvalue weighted by atomic mass is 32.1. The topological polar surface area (TPSA) is 36.7 Å². The lowest BCUT2D eigenvalue weighted by Gasteiger charge is -1.85. The van der Waals surface area contributed by atoms with Crippen LogP contribution in [0.1, 0.15) is 12.0 Å². The Morgan fingerprint density at radius 1 is 1.13 bits per heavy atom. The van der Waals surface area contributed by atoms with Gasteiger partial charge < -0.3 is 0 Å². The van der Waals surface area contributed by atoms with E-state index in [0.717, 1.165) is 5.69 Å². The highest BCUT2D eigenvalue weighted by Crippen LogP contribution is 2.11. The van der Waals surface area contributed by atoms with E-state index >= 15 is 0 Å². The largest absolute Gasteiger partial charge is 1.00 e. The Labute approximate surface area is 93.6 Å². The van der Waals surface area contributed by atoms with Gasteiger partial charge in [0, 0.05) is 4.88 Å². The third kappa shape index (κ3) is 2.86. The number of aromatic nitrogens is 1. The Kier molecular flexibility index (Phi) is 3.05. The number of nitrogens with one attached hydrogen (secondary N) is 1. The molecule has 0 atom stereocenters. The Hall–Kier alpha value is -1.74. The molecule has 0 saturated heterocycles. The van der Waals surface area contributed by atoms with Gasteiger partial charge in [-0.05, 0) is 35.7 Å². The third-order valence-electron chi connectivity index (χ3n) is 1.84. The van der Waals surface area contributed by atoms with Gasteiger partial charge in [-0.15, -0.1) is 11.3 Å². The average Bonchev–Trinajstić information content (AvgIpc) is 2.65. The molecular weight excluding hydrogens is 204 g/mol. The van der Waals surface area contributed by atoms with E-state index in [1.807, 2.05) is 47.9 Å². The first-order valence-electron chi connectivity index (χ1n) is 4.58. The van der Waals surface area contributed by atoms with Crippen molar-refractivity contribution in [2.75, 3.05) is 0 Å². The van der Waals surface area contributed by atoms with Crippen molar-refractivity contribution in [1.82, 2.24) is 4.98 Å². The zero-order valence-electron chi connectivity index (χ0n) is 9.05. The zero-order valence-corrected chi connectivity index (χ0v) is 8.87. The molecule has 74 valence electrons. The van der Waals surface area contributed by atoms with E-state index in [-0.39, 0.29) is 6.91 Å². The number of rotatable bonds is 2. The van der Waals surface area contributed by atoms with Crippen LogP contribution < -0.4 is 5.49 Å². The maximum absolute atomic E-state index is 7.47. The predicted molar refractivity (Wildman–Crippen MR) is 64.5 cm³/mol. The van der Waals surface area contributed by atoms with E-state index < -0.39 is 0 Å². The van der Waals surface area contributed by atoms with Crippen molar-refractivity contribution >= 4 is 23.5 Å². The Balaban J connectivity index is 0.00000128. The molecule has 2 rings (SSSR count). The molecule has 2 aromatic heterocycles. The summed E-state index contributed by atoms with van der Waals surface area (Å²) in [6.07, 6.45) is 3.93. The molecule has 0 radical (unpaired) electrons. The molecule has 0 spiro atoms. The van der Waals surface area contributed by atoms with Gasteiger partial charge >= 0.3 is 1.43 Å². The molecule has 2 heterocycles. The standard InChI is InChI=1S/C12H10N2S/c13-12-6-2-1-4-10(14-12)7-8-11-5-3-9-15-11/h1-9,13H/p+1. The number of thiophene rings is 1. The van der Waals surface area contributed by atoms with Crippen LogP contribution in [-0.2, 0) is 0 Å². The lowest BCUT2D eigenvalue weighted by atomic mass is 10.3. The second-order valence-corrected chi connectivity index (χ2v) is 3.97. The smallest absolute Gasteiger partial charge is 0.283 e. The third-order valence-corrected chi connectivity index (χ3v) is 2.68. The highest BCUT2D eigenvalue weighted by Gasteiger charge is 1.88. The van der Waals surface area contributed by atoms with Crippen molar-refractivity contribution in [2.45, 2.75) is 0 Å². The summed E-state index contributed by atoms with van der Waals surface area (Å²) >= 11 is 1.68. The van der Waals surface area contributed by atoms with Crippen molar-refractivity contribution in [3.63, 3.8) is 0 Å². The fraction of sp³-hybridized carbons (Fsp3) is 0. The van der Waals surface area contributed by atoms with Crippen molar-refractivity contribution in [2.24, 2.45) is 0 Å². The van der Waals surface area contributed by atoms with E-state index in [9.17, 15) is 0 Å². The monoisotopic (exact) mass is 215 g/mol. The van der Waals surface area contributed by atoms with E-state index in [4.69, 9.17) is 5.41 Å². The molecule has 0 fully saturated rings. The number of nitrogens with zero attached hydrogens (tertiary/aromatic N) is 1. The van der Waals surface area contributed by atoms with Crippen LogP contribution >= 0.6 is 11.3 Å². The molecule has 0 aliphatic carbocycles. The van der Waals surface area contributed by atoms with Crippen LogP contribution in [0, 0.1) is 5.41 Å². The maximum Gasteiger partial charge on any atom is 1.00 e. The molecular formula is C12H11N2S+. The van der Waals surface area contributed by atoms with Crippen LogP contribution in [0.5, 0.6) is 0 Å². The Bertz CT molecular complexity index is 521. The van der Waals surface area contributed by atoms with E-state index in [1.165, 1.54) is 4.88 Å². The summed E-state index contributed by atoms with van der Waals surface area (Å²) in [6.45, 7) is 0. The summed E-state index contributed by atoms with van der Waals surface area (Å²) in [5, 5.41) is 9.50. The molecule has 2 nitrogen and oxygen atoms in total. The molecule has 15 heavy (non-hydrogen) atoms. The summed E-state index contributed by atoms with van der Waals surface area (Å²) in [5.41, 5.74) is 1.09. The van der Waals surface area contributed by atoms with Gasteiger partial charge in [-0.25, -0.2) is 4.98 Å². The molecule has 3 heteroatoms. The van der Waals surface area contributed by atoms with E-state index in [2.05, 4.69) is 4.98 Å². The molecule has 0 bridgehead atoms. The lowest BCUT2D eigenvalue weighted by Crippen LogP contribution is -1.99. The SMILES string of the molecule is N=c1ccccc(C=Cc2cccs2)n1.[H+]. The highest BCUT2D eigenvalue weighted by molar-refractivity contribution is 7.10. The van der Waals surface area contributed by atoms with Crippen molar-refractivity contribution < 1.29 is 1.43 Å². The summed E-state index contributed by atoms with van der Waals surface area (Å²) in [7, 11) is 0. The first kappa shape index (κ1) is 9.80. The molecule has 1 N–H and O–H groups in total. The second-order valence-electron chi connectivity index (χ2n) is 2.99. The molecule has 2 aromatic rings. The van der Waals surface area contributed by atoms with Gasteiger partial charge in [0.1, 0.15) is 5.49 Å². The molecule has 0 aliphatic rings. The van der Waals surface area contributed by atoms with Gasteiger partial charge in [0.25, 0.3) is 0 Å². The minimum atomic E-state index is 0. The van der Waals surface area contributed by atoms with Crippen LogP contribution in [0.2, 0.25) is 0 Å². The maximum atomic E-state index is 7.47. The van der Waals surface area contributed by atoms with Crippen molar-refractivity contribution in [3.05, 3.63) is 57.8 Å². The van der Waals surface area contributed by atoms with Gasteiger partial charge in [-0.3, -0.25) is 5.41 Å². The van der Waals surface area contributed by atoms with Crippen LogP contribution in [0.3, 0.4) is 0 Å². The molecule has 0 amide bonds.